The van der Waals surface area contributed by atoms with Gasteiger partial charge in [0, 0.05) is 20.0 Å². The van der Waals surface area contributed by atoms with Crippen LogP contribution < -0.4 is 15.4 Å². The first-order valence-corrected chi connectivity index (χ1v) is 12.4. The lowest BCUT2D eigenvalue weighted by atomic mass is 10.2. The van der Waals surface area contributed by atoms with E-state index in [9.17, 15) is 10.0 Å². The molecule has 0 aliphatic heterocycles. The number of unbranched alkanes of at least 4 members (excludes halogenated alkanes) is 2. The second-order valence-electron chi connectivity index (χ2n) is 7.95. The van der Waals surface area contributed by atoms with Gasteiger partial charge in [0.2, 0.25) is 11.9 Å². The minimum Gasteiger partial charge on any atom is -0.618 e. The molecule has 1 aromatic heterocycles. The lowest BCUT2D eigenvalue weighted by Crippen LogP contribution is -2.36. The summed E-state index contributed by atoms with van der Waals surface area (Å²) in [5, 5.41) is 17.6. The number of hydrogen-bond donors (Lipinski definition) is 2. The van der Waals surface area contributed by atoms with E-state index >= 15 is 0 Å². The Balaban J connectivity index is 1.92. The van der Waals surface area contributed by atoms with Gasteiger partial charge in [-0.15, -0.1) is 0 Å². The summed E-state index contributed by atoms with van der Waals surface area (Å²) in [6.07, 6.45) is 33.2. The number of allylic oxidation sites excluding steroid dienone is 10. The molecule has 186 valence electrons. The predicted molar refractivity (Wildman–Crippen MR) is 141 cm³/mol. The quantitative estimate of drug-likeness (QED) is 0.134. The van der Waals surface area contributed by atoms with Gasteiger partial charge in [0.05, 0.1) is 6.20 Å². The number of nitrogens with one attached hydrogen (secondary N) is 2. The molecule has 6 nitrogen and oxygen atoms in total. The number of amides is 1. The van der Waals surface area contributed by atoms with Gasteiger partial charge in [0.15, 0.2) is 5.69 Å². The van der Waals surface area contributed by atoms with Gasteiger partial charge >= 0.3 is 0 Å². The molecule has 2 N–H and O–H groups in total. The van der Waals surface area contributed by atoms with Gasteiger partial charge in [-0.1, -0.05) is 67.7 Å². The average molecular weight is 467 g/mol. The van der Waals surface area contributed by atoms with Crippen LogP contribution in [0.15, 0.2) is 73.2 Å². The number of hydrogen-bond acceptors (Lipinski definition) is 4. The average Bonchev–Trinajstić information content (AvgIpc) is 2.83. The van der Waals surface area contributed by atoms with Gasteiger partial charge in [0.1, 0.15) is 0 Å². The fourth-order valence-corrected chi connectivity index (χ4v) is 2.94. The molecule has 0 aliphatic rings. The van der Waals surface area contributed by atoms with E-state index in [2.05, 4.69) is 83.3 Å². The molecule has 34 heavy (non-hydrogen) atoms. The Morgan fingerprint density at radius 2 is 1.47 bits per heavy atom. The summed E-state index contributed by atoms with van der Waals surface area (Å²) in [6, 6.07) is 0. The summed E-state index contributed by atoms with van der Waals surface area (Å²) in [5.41, 5.74) is 0.598. The molecule has 0 aliphatic carbocycles. The Bertz CT molecular complexity index is 826. The lowest BCUT2D eigenvalue weighted by molar-refractivity contribution is -0.613. The molecule has 0 radical (unpaired) electrons. The first kappa shape index (κ1) is 29.0. The summed E-state index contributed by atoms with van der Waals surface area (Å²) < 4.78 is 0.650. The first-order valence-electron chi connectivity index (χ1n) is 12.4. The third-order valence-electron chi connectivity index (χ3n) is 4.93. The van der Waals surface area contributed by atoms with Gasteiger partial charge in [-0.3, -0.25) is 4.79 Å². The molecule has 0 saturated heterocycles. The number of carbonyl (C=O) groups is 1. The smallest absolute Gasteiger partial charge is 0.276 e. The van der Waals surface area contributed by atoms with Crippen molar-refractivity contribution in [1.82, 2.24) is 15.6 Å². The highest BCUT2D eigenvalue weighted by Crippen LogP contribution is 1.99. The van der Waals surface area contributed by atoms with Crippen molar-refractivity contribution in [3.05, 3.63) is 89.7 Å². The normalized spacial score (nSPS) is 12.3. The summed E-state index contributed by atoms with van der Waals surface area (Å²) in [6.45, 7) is 5.91. The largest absolute Gasteiger partial charge is 0.618 e. The summed E-state index contributed by atoms with van der Waals surface area (Å²) in [5.74, 6) is -0.329. The van der Waals surface area contributed by atoms with Crippen LogP contribution in [-0.2, 0) is 0 Å². The number of carbonyl (C=O) groups excluding carboxylic acids is 1. The van der Waals surface area contributed by atoms with Crippen molar-refractivity contribution < 1.29 is 9.52 Å². The number of aryl methyl sites for hydroxylation is 1. The third-order valence-corrected chi connectivity index (χ3v) is 4.93. The fraction of sp³-hybridized carbons (Fsp3) is 0.464. The van der Waals surface area contributed by atoms with Gasteiger partial charge in [-0.25, -0.2) is 4.98 Å². The Morgan fingerprint density at radius 1 is 0.882 bits per heavy atom. The van der Waals surface area contributed by atoms with Gasteiger partial charge < -0.3 is 15.8 Å². The Labute approximate surface area is 205 Å². The predicted octanol–water partition coefficient (Wildman–Crippen LogP) is 5.26. The fourth-order valence-electron chi connectivity index (χ4n) is 2.94. The standard InChI is InChI=1S/C28H42N4O2/c1-3-4-5-6-7-8-9-10-11-12-13-14-15-16-17-18-19-20-21-29-22-23-30-28(33)27-25-32(34)26(2)24-31-27/h4-5,7-8,10-11,13-14,16-17,24-25,29H,3,6,9,12,15,18-23H2,1-2H3,(H,30,33)/b5-4-,8-7?,11-10?,14-13-,17-16-. The van der Waals surface area contributed by atoms with Crippen LogP contribution >= 0.6 is 0 Å². The van der Waals surface area contributed by atoms with Crippen molar-refractivity contribution in [3.63, 3.8) is 0 Å². The zero-order chi connectivity index (χ0) is 24.7. The number of rotatable bonds is 18. The van der Waals surface area contributed by atoms with Crippen LogP contribution in [0.5, 0.6) is 0 Å². The maximum atomic E-state index is 11.9. The van der Waals surface area contributed by atoms with Gasteiger partial charge in [-0.2, -0.15) is 4.73 Å². The van der Waals surface area contributed by atoms with Crippen LogP contribution in [0.3, 0.4) is 0 Å². The van der Waals surface area contributed by atoms with E-state index in [0.29, 0.717) is 23.5 Å². The zero-order valence-electron chi connectivity index (χ0n) is 20.9. The van der Waals surface area contributed by atoms with Crippen molar-refractivity contribution in [3.8, 4) is 0 Å². The third kappa shape index (κ3) is 15.8. The second-order valence-corrected chi connectivity index (χ2v) is 7.95. The molecule has 1 aromatic rings. The van der Waals surface area contributed by atoms with Crippen LogP contribution in [0, 0.1) is 12.1 Å². The van der Waals surface area contributed by atoms with Crippen molar-refractivity contribution in [2.45, 2.75) is 65.2 Å². The Morgan fingerprint density at radius 3 is 2.06 bits per heavy atom. The molecule has 0 atom stereocenters. The molecule has 0 fully saturated rings. The minimum absolute atomic E-state index is 0.137. The van der Waals surface area contributed by atoms with Crippen molar-refractivity contribution in [1.29, 1.82) is 0 Å². The maximum absolute atomic E-state index is 11.9. The second kappa shape index (κ2) is 20.6. The Hall–Kier alpha value is -2.99. The van der Waals surface area contributed by atoms with Crippen molar-refractivity contribution in [2.24, 2.45) is 0 Å². The van der Waals surface area contributed by atoms with E-state index in [4.69, 9.17) is 0 Å². The van der Waals surface area contributed by atoms with E-state index in [-0.39, 0.29) is 11.6 Å². The van der Waals surface area contributed by atoms with E-state index in [1.54, 1.807) is 6.92 Å². The molecule has 0 spiro atoms. The molecule has 0 aromatic carbocycles. The van der Waals surface area contributed by atoms with Crippen LogP contribution in [0.25, 0.3) is 0 Å². The number of nitrogens with zero attached hydrogens (tertiary/aromatic N) is 2. The highest BCUT2D eigenvalue weighted by atomic mass is 16.5. The van der Waals surface area contributed by atoms with Crippen molar-refractivity contribution >= 4 is 5.91 Å². The molecule has 1 rings (SSSR count). The summed E-state index contributed by atoms with van der Waals surface area (Å²) in [4.78, 5) is 15.9. The molecule has 0 saturated carbocycles. The van der Waals surface area contributed by atoms with E-state index in [1.807, 2.05) is 0 Å². The van der Waals surface area contributed by atoms with Gasteiger partial charge in [0.25, 0.3) is 5.91 Å². The topological polar surface area (TPSA) is 81.0 Å². The lowest BCUT2D eigenvalue weighted by Gasteiger charge is -2.06. The van der Waals surface area contributed by atoms with E-state index < -0.39 is 0 Å². The summed E-state index contributed by atoms with van der Waals surface area (Å²) >= 11 is 0. The molecule has 0 bridgehead atoms. The van der Waals surface area contributed by atoms with E-state index in [1.165, 1.54) is 12.4 Å². The van der Waals surface area contributed by atoms with Crippen LogP contribution in [0.4, 0.5) is 0 Å². The molecule has 1 amide bonds. The highest BCUT2D eigenvalue weighted by molar-refractivity contribution is 5.91. The monoisotopic (exact) mass is 466 g/mol. The molecule has 1 heterocycles. The molecular weight excluding hydrogens is 424 g/mol. The molecular formula is C28H42N4O2. The zero-order valence-corrected chi connectivity index (χ0v) is 20.9. The van der Waals surface area contributed by atoms with E-state index in [0.717, 1.165) is 57.9 Å². The summed E-state index contributed by atoms with van der Waals surface area (Å²) in [7, 11) is 0. The highest BCUT2D eigenvalue weighted by Gasteiger charge is 2.11. The first-order chi connectivity index (χ1) is 16.6. The van der Waals surface area contributed by atoms with Crippen molar-refractivity contribution in [2.75, 3.05) is 19.6 Å². The maximum Gasteiger partial charge on any atom is 0.276 e. The Kier molecular flexibility index (Phi) is 17.6. The molecule has 6 heteroatoms. The molecule has 0 unspecified atom stereocenters. The minimum atomic E-state index is -0.329. The van der Waals surface area contributed by atoms with Crippen LogP contribution in [0.2, 0.25) is 0 Å². The van der Waals surface area contributed by atoms with Crippen LogP contribution in [-0.4, -0.2) is 30.5 Å². The number of aromatic nitrogens is 2. The van der Waals surface area contributed by atoms with Crippen LogP contribution in [0.1, 0.15) is 74.5 Å². The van der Waals surface area contributed by atoms with Gasteiger partial charge in [-0.05, 0) is 57.9 Å². The SMILES string of the molecule is CC/C=C\CC=CCC=CC/C=C\C/C=C\CCCCNCCNC(=O)c1c[n+]([O-])c(C)cn1.